The number of hydrogen-bond acceptors (Lipinski definition) is 3. The van der Waals surface area contributed by atoms with Crippen molar-refractivity contribution in [2.45, 2.75) is 32.0 Å². The minimum Gasteiger partial charge on any atom is -0.306 e. The lowest BCUT2D eigenvalue weighted by molar-refractivity contribution is 0.316. The van der Waals surface area contributed by atoms with Crippen LogP contribution in [0.2, 0.25) is 0 Å². The van der Waals surface area contributed by atoms with Crippen LogP contribution in [0.5, 0.6) is 0 Å². The van der Waals surface area contributed by atoms with Crippen LogP contribution >= 0.6 is 0 Å². The van der Waals surface area contributed by atoms with E-state index in [9.17, 15) is 0 Å². The Morgan fingerprint density at radius 2 is 1.95 bits per heavy atom. The van der Waals surface area contributed by atoms with Gasteiger partial charge in [0.1, 0.15) is 0 Å². The molecule has 1 unspecified atom stereocenters. The SMILES string of the molecule is C[C@@H](NC1CCN(Cc2ccccc2)C1)c1ccncc1. The predicted octanol–water partition coefficient (Wildman–Crippen LogP) is 3.01. The number of likely N-dealkylation sites (tertiary alicyclic amines) is 1. The maximum Gasteiger partial charge on any atom is 0.0296 e. The van der Waals surface area contributed by atoms with Gasteiger partial charge < -0.3 is 5.32 Å². The Labute approximate surface area is 127 Å². The molecular formula is C18H23N3. The molecule has 0 saturated carbocycles. The molecule has 1 N–H and O–H groups in total. The van der Waals surface area contributed by atoms with E-state index < -0.39 is 0 Å². The molecule has 0 bridgehead atoms. The second kappa shape index (κ2) is 6.83. The van der Waals surface area contributed by atoms with Gasteiger partial charge in [-0.15, -0.1) is 0 Å². The van der Waals surface area contributed by atoms with Crippen molar-refractivity contribution in [3.05, 3.63) is 66.0 Å². The standard InChI is InChI=1S/C18H23N3/c1-15(17-7-10-19-11-8-17)20-18-9-12-21(14-18)13-16-5-3-2-4-6-16/h2-8,10-11,15,18,20H,9,12-14H2,1H3/t15-,18?/m1/s1. The van der Waals surface area contributed by atoms with Crippen molar-refractivity contribution < 1.29 is 0 Å². The van der Waals surface area contributed by atoms with E-state index in [-0.39, 0.29) is 0 Å². The van der Waals surface area contributed by atoms with E-state index in [4.69, 9.17) is 0 Å². The highest BCUT2D eigenvalue weighted by atomic mass is 15.2. The Balaban J connectivity index is 1.51. The van der Waals surface area contributed by atoms with Gasteiger partial charge in [0.2, 0.25) is 0 Å². The summed E-state index contributed by atoms with van der Waals surface area (Å²) in [5, 5.41) is 3.74. The third kappa shape index (κ3) is 3.90. The molecule has 0 spiro atoms. The first-order valence-corrected chi connectivity index (χ1v) is 7.73. The second-order valence-electron chi connectivity index (χ2n) is 5.88. The quantitative estimate of drug-likeness (QED) is 0.913. The van der Waals surface area contributed by atoms with Gasteiger partial charge in [0.25, 0.3) is 0 Å². The molecule has 3 heteroatoms. The van der Waals surface area contributed by atoms with E-state index in [1.165, 1.54) is 24.1 Å². The molecule has 1 aliphatic rings. The van der Waals surface area contributed by atoms with Crippen LogP contribution < -0.4 is 5.32 Å². The largest absolute Gasteiger partial charge is 0.306 e. The molecule has 2 atom stereocenters. The van der Waals surface area contributed by atoms with E-state index in [2.05, 4.69) is 64.6 Å². The van der Waals surface area contributed by atoms with Crippen LogP contribution in [0.15, 0.2) is 54.9 Å². The van der Waals surface area contributed by atoms with Crippen LogP contribution in [-0.2, 0) is 6.54 Å². The van der Waals surface area contributed by atoms with E-state index in [0.717, 1.165) is 13.1 Å². The maximum absolute atomic E-state index is 4.08. The molecule has 0 radical (unpaired) electrons. The minimum absolute atomic E-state index is 0.384. The second-order valence-corrected chi connectivity index (χ2v) is 5.88. The molecule has 0 aliphatic carbocycles. The van der Waals surface area contributed by atoms with Crippen LogP contribution in [0.25, 0.3) is 0 Å². The summed E-state index contributed by atoms with van der Waals surface area (Å²) in [6.45, 7) is 5.60. The average Bonchev–Trinajstić information content (AvgIpc) is 2.96. The molecule has 1 aromatic heterocycles. The molecule has 21 heavy (non-hydrogen) atoms. The predicted molar refractivity (Wildman–Crippen MR) is 85.9 cm³/mol. The molecule has 3 rings (SSSR count). The normalized spacial score (nSPS) is 20.5. The summed E-state index contributed by atoms with van der Waals surface area (Å²) in [4.78, 5) is 6.62. The number of pyridine rings is 1. The topological polar surface area (TPSA) is 28.2 Å². The van der Waals surface area contributed by atoms with E-state index in [1.807, 2.05) is 12.4 Å². The summed E-state index contributed by atoms with van der Waals surface area (Å²) in [5.74, 6) is 0. The molecule has 1 aromatic carbocycles. The highest BCUT2D eigenvalue weighted by Crippen LogP contribution is 2.17. The number of benzene rings is 1. The highest BCUT2D eigenvalue weighted by Gasteiger charge is 2.23. The summed E-state index contributed by atoms with van der Waals surface area (Å²) in [5.41, 5.74) is 2.71. The molecule has 1 fully saturated rings. The van der Waals surface area contributed by atoms with Gasteiger partial charge in [0.05, 0.1) is 0 Å². The van der Waals surface area contributed by atoms with Crippen molar-refractivity contribution in [3.8, 4) is 0 Å². The molecule has 0 amide bonds. The first-order valence-electron chi connectivity index (χ1n) is 7.73. The third-order valence-corrected chi connectivity index (χ3v) is 4.21. The van der Waals surface area contributed by atoms with Gasteiger partial charge in [-0.2, -0.15) is 0 Å². The number of aromatic nitrogens is 1. The van der Waals surface area contributed by atoms with Gasteiger partial charge in [0.15, 0.2) is 0 Å². The number of nitrogens with one attached hydrogen (secondary N) is 1. The van der Waals surface area contributed by atoms with Gasteiger partial charge >= 0.3 is 0 Å². The van der Waals surface area contributed by atoms with Crippen molar-refractivity contribution in [2.75, 3.05) is 13.1 Å². The van der Waals surface area contributed by atoms with Gasteiger partial charge in [0, 0.05) is 44.1 Å². The zero-order valence-corrected chi connectivity index (χ0v) is 12.6. The number of rotatable bonds is 5. The summed E-state index contributed by atoms with van der Waals surface area (Å²) < 4.78 is 0. The summed E-state index contributed by atoms with van der Waals surface area (Å²) >= 11 is 0. The lowest BCUT2D eigenvalue weighted by Crippen LogP contribution is -2.34. The first kappa shape index (κ1) is 14.2. The summed E-state index contributed by atoms with van der Waals surface area (Å²) in [6, 6.07) is 15.9. The van der Waals surface area contributed by atoms with Crippen LogP contribution in [0.1, 0.15) is 30.5 Å². The Morgan fingerprint density at radius 3 is 2.71 bits per heavy atom. The van der Waals surface area contributed by atoms with Crippen molar-refractivity contribution in [2.24, 2.45) is 0 Å². The molecule has 3 nitrogen and oxygen atoms in total. The van der Waals surface area contributed by atoms with Crippen LogP contribution in [-0.4, -0.2) is 29.0 Å². The van der Waals surface area contributed by atoms with Crippen LogP contribution in [0, 0.1) is 0 Å². The van der Waals surface area contributed by atoms with Gasteiger partial charge in [-0.3, -0.25) is 9.88 Å². The average molecular weight is 281 g/mol. The van der Waals surface area contributed by atoms with Crippen molar-refractivity contribution >= 4 is 0 Å². The lowest BCUT2D eigenvalue weighted by atomic mass is 10.1. The first-order chi connectivity index (χ1) is 10.3. The molecule has 2 aromatic rings. The smallest absolute Gasteiger partial charge is 0.0296 e. The lowest BCUT2D eigenvalue weighted by Gasteiger charge is -2.21. The van der Waals surface area contributed by atoms with Crippen LogP contribution in [0.4, 0.5) is 0 Å². The number of hydrogen-bond donors (Lipinski definition) is 1. The van der Waals surface area contributed by atoms with Crippen molar-refractivity contribution in [1.82, 2.24) is 15.2 Å². The molecule has 1 saturated heterocycles. The van der Waals surface area contributed by atoms with E-state index in [1.54, 1.807) is 0 Å². The zero-order valence-electron chi connectivity index (χ0n) is 12.6. The monoisotopic (exact) mass is 281 g/mol. The van der Waals surface area contributed by atoms with Gasteiger partial charge in [-0.05, 0) is 36.6 Å². The summed E-state index contributed by atoms with van der Waals surface area (Å²) in [7, 11) is 0. The Kier molecular flexibility index (Phi) is 4.63. The Bertz CT molecular complexity index is 541. The zero-order chi connectivity index (χ0) is 14.5. The third-order valence-electron chi connectivity index (χ3n) is 4.21. The highest BCUT2D eigenvalue weighted by molar-refractivity contribution is 5.16. The van der Waals surface area contributed by atoms with Crippen molar-refractivity contribution in [3.63, 3.8) is 0 Å². The number of nitrogens with zero attached hydrogens (tertiary/aromatic N) is 2. The fourth-order valence-electron chi connectivity index (χ4n) is 3.06. The summed E-state index contributed by atoms with van der Waals surface area (Å²) in [6.07, 6.45) is 4.95. The molecule has 1 aliphatic heterocycles. The van der Waals surface area contributed by atoms with Crippen LogP contribution in [0.3, 0.4) is 0 Å². The Morgan fingerprint density at radius 1 is 1.19 bits per heavy atom. The fraction of sp³-hybridized carbons (Fsp3) is 0.389. The van der Waals surface area contributed by atoms with E-state index >= 15 is 0 Å². The van der Waals surface area contributed by atoms with Crippen molar-refractivity contribution in [1.29, 1.82) is 0 Å². The maximum atomic E-state index is 4.08. The molecular weight excluding hydrogens is 258 g/mol. The fourth-order valence-corrected chi connectivity index (χ4v) is 3.06. The van der Waals surface area contributed by atoms with E-state index in [0.29, 0.717) is 12.1 Å². The minimum atomic E-state index is 0.384. The molecule has 110 valence electrons. The van der Waals surface area contributed by atoms with Gasteiger partial charge in [-0.1, -0.05) is 30.3 Å². The molecule has 2 heterocycles. The Hall–Kier alpha value is -1.71. The van der Waals surface area contributed by atoms with Gasteiger partial charge in [-0.25, -0.2) is 0 Å².